The monoisotopic (exact) mass is 231 g/mol. The van der Waals surface area contributed by atoms with Gasteiger partial charge in [-0.3, -0.25) is 0 Å². The number of hydrogen-bond acceptors (Lipinski definition) is 3. The van der Waals surface area contributed by atoms with Gasteiger partial charge in [0, 0.05) is 12.6 Å². The number of carbonyl (C=O) groups is 1. The largest absolute Gasteiger partial charge is 0.479 e. The zero-order valence-electron chi connectivity index (χ0n) is 10.8. The van der Waals surface area contributed by atoms with Crippen molar-refractivity contribution in [2.45, 2.75) is 58.6 Å². The van der Waals surface area contributed by atoms with Crippen LogP contribution in [0.4, 0.5) is 0 Å². The van der Waals surface area contributed by atoms with E-state index in [0.29, 0.717) is 5.92 Å². The highest BCUT2D eigenvalue weighted by atomic mass is 16.4. The zero-order valence-corrected chi connectivity index (χ0v) is 10.8. The molecule has 0 spiro atoms. The summed E-state index contributed by atoms with van der Waals surface area (Å²) in [7, 11) is 0. The van der Waals surface area contributed by atoms with E-state index in [1.54, 1.807) is 0 Å². The fraction of sp³-hybridized carbons (Fsp3) is 0.917. The van der Waals surface area contributed by atoms with Crippen LogP contribution in [-0.2, 0) is 4.79 Å². The van der Waals surface area contributed by atoms with E-state index in [4.69, 9.17) is 5.11 Å². The van der Waals surface area contributed by atoms with Crippen molar-refractivity contribution in [3.8, 4) is 0 Å². The van der Waals surface area contributed by atoms with Crippen LogP contribution in [0, 0.1) is 5.92 Å². The molecule has 0 aliphatic rings. The number of aliphatic hydroxyl groups is 1. The van der Waals surface area contributed by atoms with Crippen molar-refractivity contribution in [3.05, 3.63) is 0 Å². The molecule has 2 atom stereocenters. The summed E-state index contributed by atoms with van der Waals surface area (Å²) in [6.07, 6.45) is 3.32. The third-order valence-electron chi connectivity index (χ3n) is 2.67. The summed E-state index contributed by atoms with van der Waals surface area (Å²) in [5.41, 5.74) is -1.67. The summed E-state index contributed by atoms with van der Waals surface area (Å²) < 4.78 is 0. The molecule has 0 aromatic rings. The molecule has 3 N–H and O–H groups in total. The van der Waals surface area contributed by atoms with Crippen molar-refractivity contribution in [1.82, 2.24) is 5.32 Å². The van der Waals surface area contributed by atoms with E-state index in [9.17, 15) is 9.90 Å². The second-order valence-electron chi connectivity index (χ2n) is 5.19. The van der Waals surface area contributed by atoms with Gasteiger partial charge in [0.25, 0.3) is 0 Å². The highest BCUT2D eigenvalue weighted by Gasteiger charge is 2.29. The molecule has 0 aliphatic heterocycles. The van der Waals surface area contributed by atoms with E-state index in [1.165, 1.54) is 13.3 Å². The van der Waals surface area contributed by atoms with E-state index in [2.05, 4.69) is 19.2 Å². The van der Waals surface area contributed by atoms with Gasteiger partial charge in [-0.15, -0.1) is 0 Å². The summed E-state index contributed by atoms with van der Waals surface area (Å²) in [5, 5.41) is 21.3. The summed E-state index contributed by atoms with van der Waals surface area (Å²) in [6.45, 7) is 7.78. The van der Waals surface area contributed by atoms with E-state index in [1.807, 2.05) is 6.92 Å². The highest BCUT2D eigenvalue weighted by Crippen LogP contribution is 2.09. The average molecular weight is 231 g/mol. The molecule has 0 radical (unpaired) electrons. The Kier molecular flexibility index (Phi) is 6.60. The highest BCUT2D eigenvalue weighted by molar-refractivity contribution is 5.76. The number of aliphatic carboxylic acids is 1. The van der Waals surface area contributed by atoms with Crippen molar-refractivity contribution in [2.24, 2.45) is 5.92 Å². The van der Waals surface area contributed by atoms with Crippen LogP contribution >= 0.6 is 0 Å². The van der Waals surface area contributed by atoms with E-state index in [-0.39, 0.29) is 12.6 Å². The topological polar surface area (TPSA) is 69.6 Å². The fourth-order valence-corrected chi connectivity index (χ4v) is 1.38. The number of nitrogens with one attached hydrogen (secondary N) is 1. The summed E-state index contributed by atoms with van der Waals surface area (Å²) >= 11 is 0. The van der Waals surface area contributed by atoms with Gasteiger partial charge in [0.15, 0.2) is 5.60 Å². The predicted octanol–water partition coefficient (Wildman–Crippen LogP) is 1.63. The molecule has 4 nitrogen and oxygen atoms in total. The first-order valence-electron chi connectivity index (χ1n) is 5.95. The first-order chi connectivity index (χ1) is 7.25. The molecule has 16 heavy (non-hydrogen) atoms. The van der Waals surface area contributed by atoms with Crippen LogP contribution in [-0.4, -0.2) is 34.4 Å². The lowest BCUT2D eigenvalue weighted by molar-refractivity contribution is -0.156. The first-order valence-corrected chi connectivity index (χ1v) is 5.95. The van der Waals surface area contributed by atoms with Crippen LogP contribution in [0.2, 0.25) is 0 Å². The Hall–Kier alpha value is -0.610. The average Bonchev–Trinajstić information content (AvgIpc) is 2.14. The Morgan fingerprint density at radius 2 is 1.88 bits per heavy atom. The molecule has 0 bridgehead atoms. The number of carboxylic acid groups (broad SMARTS) is 1. The van der Waals surface area contributed by atoms with Crippen molar-refractivity contribution >= 4 is 5.97 Å². The molecule has 0 saturated heterocycles. The minimum absolute atomic E-state index is 0.0885. The van der Waals surface area contributed by atoms with Gasteiger partial charge >= 0.3 is 5.97 Å². The van der Waals surface area contributed by atoms with Gasteiger partial charge in [-0.1, -0.05) is 26.7 Å². The molecular weight excluding hydrogens is 206 g/mol. The van der Waals surface area contributed by atoms with Gasteiger partial charge in [-0.2, -0.15) is 0 Å². The lowest BCUT2D eigenvalue weighted by atomic mass is 10.0. The maximum Gasteiger partial charge on any atom is 0.336 e. The summed E-state index contributed by atoms with van der Waals surface area (Å²) in [4.78, 5) is 10.6. The van der Waals surface area contributed by atoms with E-state index < -0.39 is 11.6 Å². The third kappa shape index (κ3) is 6.80. The quantitative estimate of drug-likeness (QED) is 0.594. The van der Waals surface area contributed by atoms with Crippen LogP contribution in [0.5, 0.6) is 0 Å². The molecule has 0 aromatic heterocycles. The Morgan fingerprint density at radius 1 is 1.31 bits per heavy atom. The normalized spacial score (nSPS) is 17.1. The maximum atomic E-state index is 10.6. The Bertz CT molecular complexity index is 214. The van der Waals surface area contributed by atoms with E-state index >= 15 is 0 Å². The van der Waals surface area contributed by atoms with Gasteiger partial charge in [0.05, 0.1) is 0 Å². The van der Waals surface area contributed by atoms with Crippen molar-refractivity contribution in [3.63, 3.8) is 0 Å². The van der Waals surface area contributed by atoms with Gasteiger partial charge in [-0.05, 0) is 26.2 Å². The molecule has 0 saturated carbocycles. The molecule has 0 rings (SSSR count). The lowest BCUT2D eigenvalue weighted by Gasteiger charge is -2.22. The van der Waals surface area contributed by atoms with Gasteiger partial charge in [-0.25, -0.2) is 4.79 Å². The summed E-state index contributed by atoms with van der Waals surface area (Å²) in [6, 6.07) is 0.240. The Labute approximate surface area is 98.1 Å². The maximum absolute atomic E-state index is 10.6. The fourth-order valence-electron chi connectivity index (χ4n) is 1.38. The Balaban J connectivity index is 3.73. The summed E-state index contributed by atoms with van der Waals surface area (Å²) in [5.74, 6) is -0.483. The number of hydrogen-bond donors (Lipinski definition) is 3. The standard InChI is InChI=1S/C12H25NO3/c1-9(2)6-5-7-10(3)13-8-12(4,16)11(14)15/h9-10,13,16H,5-8H2,1-4H3,(H,14,15). The first kappa shape index (κ1) is 15.4. The molecule has 0 amide bonds. The molecular formula is C12H25NO3. The molecule has 0 fully saturated rings. The third-order valence-corrected chi connectivity index (χ3v) is 2.67. The van der Waals surface area contributed by atoms with Crippen molar-refractivity contribution in [2.75, 3.05) is 6.54 Å². The van der Waals surface area contributed by atoms with Crippen molar-refractivity contribution < 1.29 is 15.0 Å². The second-order valence-corrected chi connectivity index (χ2v) is 5.19. The lowest BCUT2D eigenvalue weighted by Crippen LogP contribution is -2.47. The minimum atomic E-state index is -1.67. The van der Waals surface area contributed by atoms with Gasteiger partial charge in [0.1, 0.15) is 0 Å². The number of rotatable bonds is 8. The predicted molar refractivity (Wildman–Crippen MR) is 64.4 cm³/mol. The molecule has 4 heteroatoms. The molecule has 0 heterocycles. The van der Waals surface area contributed by atoms with Crippen LogP contribution in [0.15, 0.2) is 0 Å². The zero-order chi connectivity index (χ0) is 12.8. The van der Waals surface area contributed by atoms with Gasteiger partial charge in [0.2, 0.25) is 0 Å². The van der Waals surface area contributed by atoms with Gasteiger partial charge < -0.3 is 15.5 Å². The second kappa shape index (κ2) is 6.86. The smallest absolute Gasteiger partial charge is 0.336 e. The van der Waals surface area contributed by atoms with Crippen LogP contribution < -0.4 is 5.32 Å². The molecule has 96 valence electrons. The van der Waals surface area contributed by atoms with Crippen LogP contribution in [0.1, 0.15) is 47.0 Å². The van der Waals surface area contributed by atoms with Crippen LogP contribution in [0.3, 0.4) is 0 Å². The number of carboxylic acids is 1. The van der Waals surface area contributed by atoms with Crippen LogP contribution in [0.25, 0.3) is 0 Å². The molecule has 0 aliphatic carbocycles. The SMILES string of the molecule is CC(C)CCCC(C)NCC(C)(O)C(=O)O. The molecule has 2 unspecified atom stereocenters. The Morgan fingerprint density at radius 3 is 2.31 bits per heavy atom. The van der Waals surface area contributed by atoms with E-state index in [0.717, 1.165) is 12.8 Å². The molecule has 0 aromatic carbocycles. The van der Waals surface area contributed by atoms with Crippen molar-refractivity contribution in [1.29, 1.82) is 0 Å². The minimum Gasteiger partial charge on any atom is -0.479 e.